The van der Waals surface area contributed by atoms with E-state index in [2.05, 4.69) is 20.9 Å². The molecule has 1 aromatic heterocycles. The van der Waals surface area contributed by atoms with Gasteiger partial charge in [0.1, 0.15) is 9.88 Å². The summed E-state index contributed by atoms with van der Waals surface area (Å²) in [4.78, 5) is 15.4. The molecule has 0 aliphatic carbocycles. The Morgan fingerprint density at radius 1 is 1.53 bits per heavy atom. The molecule has 1 N–H and O–H groups in total. The Morgan fingerprint density at radius 3 is 2.82 bits per heavy atom. The van der Waals surface area contributed by atoms with Crippen molar-refractivity contribution in [3.05, 3.63) is 38.3 Å². The van der Waals surface area contributed by atoms with Crippen LogP contribution >= 0.6 is 38.9 Å². The fraction of sp³-hybridized carbons (Fsp3) is 0.0909. The van der Waals surface area contributed by atoms with Gasteiger partial charge in [-0.3, -0.25) is 0 Å². The standard InChI is InChI=1S/C11H7BrClNO2S/c1-5-9(11(15)16)17-10(14-5)7-4-6(12)2-3-8(7)13/h2-4H,1H3,(H,15,16). The Hall–Kier alpha value is -0.910. The molecule has 1 aromatic carbocycles. The Bertz CT molecular complexity index is 597. The normalized spacial score (nSPS) is 10.5. The molecule has 0 spiro atoms. The Balaban J connectivity index is 2.57. The Morgan fingerprint density at radius 2 is 2.24 bits per heavy atom. The maximum Gasteiger partial charge on any atom is 0.347 e. The molecule has 0 aliphatic heterocycles. The molecule has 3 nitrogen and oxygen atoms in total. The van der Waals surface area contributed by atoms with Gasteiger partial charge in [-0.15, -0.1) is 11.3 Å². The van der Waals surface area contributed by atoms with Gasteiger partial charge in [0.2, 0.25) is 0 Å². The fourth-order valence-electron chi connectivity index (χ4n) is 1.37. The summed E-state index contributed by atoms with van der Waals surface area (Å²) in [5.74, 6) is -0.961. The van der Waals surface area contributed by atoms with Crippen molar-refractivity contribution in [2.24, 2.45) is 0 Å². The van der Waals surface area contributed by atoms with Crippen LogP contribution in [0.1, 0.15) is 15.4 Å². The van der Waals surface area contributed by atoms with Crippen molar-refractivity contribution in [3.63, 3.8) is 0 Å². The first-order chi connectivity index (χ1) is 7.99. The van der Waals surface area contributed by atoms with Crippen LogP contribution in [0, 0.1) is 6.92 Å². The molecule has 2 rings (SSSR count). The highest BCUT2D eigenvalue weighted by Gasteiger charge is 2.16. The molecule has 88 valence electrons. The number of carbonyl (C=O) groups is 1. The van der Waals surface area contributed by atoms with Gasteiger partial charge in [-0.2, -0.15) is 0 Å². The van der Waals surface area contributed by atoms with E-state index in [1.54, 1.807) is 13.0 Å². The number of aromatic carboxylic acids is 1. The van der Waals surface area contributed by atoms with Gasteiger partial charge in [0.25, 0.3) is 0 Å². The third-order valence-corrected chi connectivity index (χ3v) is 4.15. The number of hydrogen-bond acceptors (Lipinski definition) is 3. The summed E-state index contributed by atoms with van der Waals surface area (Å²) in [6, 6.07) is 5.40. The number of thiazole rings is 1. The number of rotatable bonds is 2. The van der Waals surface area contributed by atoms with Crippen molar-refractivity contribution in [3.8, 4) is 10.6 Å². The second-order valence-corrected chi connectivity index (χ2v) is 5.68. The molecule has 0 atom stereocenters. The molecule has 17 heavy (non-hydrogen) atoms. The first-order valence-electron chi connectivity index (χ1n) is 4.65. The van der Waals surface area contributed by atoms with E-state index >= 15 is 0 Å². The van der Waals surface area contributed by atoms with E-state index in [0.717, 1.165) is 21.4 Å². The van der Waals surface area contributed by atoms with Gasteiger partial charge in [-0.1, -0.05) is 27.5 Å². The van der Waals surface area contributed by atoms with Crippen molar-refractivity contribution < 1.29 is 9.90 Å². The van der Waals surface area contributed by atoms with Crippen LogP contribution in [-0.4, -0.2) is 16.1 Å². The number of aryl methyl sites for hydroxylation is 1. The van der Waals surface area contributed by atoms with Crippen LogP contribution in [-0.2, 0) is 0 Å². The van der Waals surface area contributed by atoms with Crippen LogP contribution in [0.5, 0.6) is 0 Å². The predicted octanol–water partition coefficient (Wildman–Crippen LogP) is 4.23. The van der Waals surface area contributed by atoms with Gasteiger partial charge in [0.05, 0.1) is 10.7 Å². The Kier molecular flexibility index (Phi) is 3.51. The molecule has 0 aliphatic rings. The van der Waals surface area contributed by atoms with E-state index in [9.17, 15) is 4.79 Å². The first kappa shape index (κ1) is 12.5. The minimum Gasteiger partial charge on any atom is -0.477 e. The highest BCUT2D eigenvalue weighted by atomic mass is 79.9. The lowest BCUT2D eigenvalue weighted by Crippen LogP contribution is -1.94. The predicted molar refractivity (Wildman–Crippen MR) is 72.0 cm³/mol. The van der Waals surface area contributed by atoms with Gasteiger partial charge in [0, 0.05) is 10.0 Å². The lowest BCUT2D eigenvalue weighted by atomic mass is 10.2. The number of benzene rings is 1. The minimum absolute atomic E-state index is 0.246. The molecule has 0 unspecified atom stereocenters. The fourth-order valence-corrected chi connectivity index (χ4v) is 2.93. The smallest absolute Gasteiger partial charge is 0.347 e. The average Bonchev–Trinajstić information content (AvgIpc) is 2.64. The van der Waals surface area contributed by atoms with Crippen molar-refractivity contribution in [1.82, 2.24) is 4.98 Å². The molecule has 1 heterocycles. The molecule has 0 radical (unpaired) electrons. The quantitative estimate of drug-likeness (QED) is 0.895. The zero-order valence-electron chi connectivity index (χ0n) is 8.70. The number of hydrogen-bond donors (Lipinski definition) is 1. The van der Waals surface area contributed by atoms with Crippen molar-refractivity contribution >= 4 is 44.8 Å². The molecule has 0 fully saturated rings. The largest absolute Gasteiger partial charge is 0.477 e. The van der Waals surface area contributed by atoms with Crippen molar-refractivity contribution in [2.75, 3.05) is 0 Å². The van der Waals surface area contributed by atoms with Crippen LogP contribution < -0.4 is 0 Å². The summed E-state index contributed by atoms with van der Waals surface area (Å²) in [6.07, 6.45) is 0. The summed E-state index contributed by atoms with van der Waals surface area (Å²) in [6.45, 7) is 1.68. The molecule has 2 aromatic rings. The monoisotopic (exact) mass is 331 g/mol. The molecular weight excluding hydrogens is 326 g/mol. The lowest BCUT2D eigenvalue weighted by Gasteiger charge is -2.00. The minimum atomic E-state index is -0.961. The van der Waals surface area contributed by atoms with Crippen molar-refractivity contribution in [2.45, 2.75) is 6.92 Å². The lowest BCUT2D eigenvalue weighted by molar-refractivity contribution is 0.0701. The van der Waals surface area contributed by atoms with E-state index < -0.39 is 5.97 Å². The summed E-state index contributed by atoms with van der Waals surface area (Å²) >= 11 is 10.5. The zero-order chi connectivity index (χ0) is 12.6. The topological polar surface area (TPSA) is 50.2 Å². The third kappa shape index (κ3) is 2.51. The maximum atomic E-state index is 10.9. The van der Waals surface area contributed by atoms with Crippen LogP contribution in [0.25, 0.3) is 10.6 Å². The maximum absolute atomic E-state index is 10.9. The van der Waals surface area contributed by atoms with Gasteiger partial charge in [0.15, 0.2) is 0 Å². The molecule has 0 amide bonds. The summed E-state index contributed by atoms with van der Waals surface area (Å²) in [7, 11) is 0. The first-order valence-corrected chi connectivity index (χ1v) is 6.64. The van der Waals surface area contributed by atoms with E-state index in [1.807, 2.05) is 12.1 Å². The highest BCUT2D eigenvalue weighted by molar-refractivity contribution is 9.10. The summed E-state index contributed by atoms with van der Waals surface area (Å²) < 4.78 is 0.877. The number of carboxylic acids is 1. The SMILES string of the molecule is Cc1nc(-c2cc(Br)ccc2Cl)sc1C(=O)O. The third-order valence-electron chi connectivity index (χ3n) is 2.15. The zero-order valence-corrected chi connectivity index (χ0v) is 11.9. The van der Waals surface area contributed by atoms with E-state index in [-0.39, 0.29) is 4.88 Å². The summed E-state index contributed by atoms with van der Waals surface area (Å²) in [5, 5.41) is 10.1. The second-order valence-electron chi connectivity index (χ2n) is 3.36. The van der Waals surface area contributed by atoms with Crippen LogP contribution in [0.4, 0.5) is 0 Å². The van der Waals surface area contributed by atoms with Crippen molar-refractivity contribution in [1.29, 1.82) is 0 Å². The summed E-state index contributed by atoms with van der Waals surface area (Å²) in [5.41, 5.74) is 1.25. The van der Waals surface area contributed by atoms with Gasteiger partial charge < -0.3 is 5.11 Å². The van der Waals surface area contributed by atoms with E-state index in [0.29, 0.717) is 15.7 Å². The van der Waals surface area contributed by atoms with Crippen LogP contribution in [0.2, 0.25) is 5.02 Å². The second kappa shape index (κ2) is 4.76. The van der Waals surface area contributed by atoms with Gasteiger partial charge in [-0.05, 0) is 25.1 Å². The highest BCUT2D eigenvalue weighted by Crippen LogP contribution is 2.34. The van der Waals surface area contributed by atoms with Crippen LogP contribution in [0.3, 0.4) is 0 Å². The molecule has 0 bridgehead atoms. The molecule has 0 saturated heterocycles. The van der Waals surface area contributed by atoms with Gasteiger partial charge in [-0.25, -0.2) is 9.78 Å². The van der Waals surface area contributed by atoms with Crippen LogP contribution in [0.15, 0.2) is 22.7 Å². The molecule has 6 heteroatoms. The average molecular weight is 333 g/mol. The molecular formula is C11H7BrClNO2S. The number of aromatic nitrogens is 1. The number of halogens is 2. The van der Waals surface area contributed by atoms with E-state index in [4.69, 9.17) is 16.7 Å². The van der Waals surface area contributed by atoms with Gasteiger partial charge >= 0.3 is 5.97 Å². The molecule has 0 saturated carbocycles. The number of nitrogens with zero attached hydrogens (tertiary/aromatic N) is 1. The Labute approximate surface area is 115 Å². The number of carboxylic acid groups (broad SMARTS) is 1. The van der Waals surface area contributed by atoms with E-state index in [1.165, 1.54) is 0 Å².